The van der Waals surface area contributed by atoms with Crippen molar-refractivity contribution in [3.8, 4) is 0 Å². The topological polar surface area (TPSA) is 4.93 Å². The largest absolute Gasteiger partial charge is 0.350 e. The summed E-state index contributed by atoms with van der Waals surface area (Å²) in [6, 6.07) is 6.51. The van der Waals surface area contributed by atoms with E-state index in [0.717, 1.165) is 0 Å². The summed E-state index contributed by atoms with van der Waals surface area (Å²) in [7, 11) is 2.09. The lowest BCUT2D eigenvalue weighted by atomic mass is 10.1. The molecule has 0 aliphatic carbocycles. The van der Waals surface area contributed by atoms with Crippen molar-refractivity contribution in [2.45, 2.75) is 13.8 Å². The molecule has 2 aromatic rings. The number of hydrogen-bond acceptors (Lipinski definition) is 0. The van der Waals surface area contributed by atoms with Gasteiger partial charge in [-0.05, 0) is 36.4 Å². The highest BCUT2D eigenvalue weighted by Gasteiger charge is 2.02. The third-order valence-corrected chi connectivity index (χ3v) is 2.56. The van der Waals surface area contributed by atoms with Gasteiger partial charge in [-0.2, -0.15) is 0 Å². The number of rotatable bonds is 0. The highest BCUT2D eigenvalue weighted by Crippen LogP contribution is 2.21. The molecule has 0 spiro atoms. The third kappa shape index (κ3) is 0.860. The van der Waals surface area contributed by atoms with E-state index >= 15 is 0 Å². The maximum atomic E-state index is 2.18. The first-order chi connectivity index (χ1) is 5.70. The molecule has 0 saturated heterocycles. The SMILES string of the molecule is Cc1ccc2ccn(C)c2c1C. The molecular weight excluding hydrogens is 146 g/mol. The molecule has 0 bridgehead atoms. The van der Waals surface area contributed by atoms with Gasteiger partial charge in [0.05, 0.1) is 5.52 Å². The van der Waals surface area contributed by atoms with Gasteiger partial charge < -0.3 is 4.57 Å². The number of fused-ring (bicyclic) bond motifs is 1. The number of benzene rings is 1. The summed E-state index contributed by atoms with van der Waals surface area (Å²) in [5.74, 6) is 0. The Kier molecular flexibility index (Phi) is 1.47. The summed E-state index contributed by atoms with van der Waals surface area (Å²) in [5.41, 5.74) is 4.11. The molecule has 0 aliphatic heterocycles. The predicted octanol–water partition coefficient (Wildman–Crippen LogP) is 2.80. The molecule has 0 aliphatic rings. The van der Waals surface area contributed by atoms with Gasteiger partial charge in [-0.25, -0.2) is 0 Å². The second-order valence-electron chi connectivity index (χ2n) is 3.37. The van der Waals surface area contributed by atoms with E-state index in [-0.39, 0.29) is 0 Å². The Bertz CT molecular complexity index is 424. The Hall–Kier alpha value is -1.24. The van der Waals surface area contributed by atoms with E-state index in [2.05, 4.69) is 49.9 Å². The first kappa shape index (κ1) is 7.41. The van der Waals surface area contributed by atoms with E-state index in [1.54, 1.807) is 0 Å². The normalized spacial score (nSPS) is 10.9. The van der Waals surface area contributed by atoms with Crippen LogP contribution in [-0.2, 0) is 7.05 Å². The van der Waals surface area contributed by atoms with Gasteiger partial charge in [0, 0.05) is 13.2 Å². The van der Waals surface area contributed by atoms with Crippen molar-refractivity contribution in [1.29, 1.82) is 0 Å². The lowest BCUT2D eigenvalue weighted by molar-refractivity contribution is 0.963. The molecule has 1 nitrogen and oxygen atoms in total. The maximum Gasteiger partial charge on any atom is 0.0510 e. The van der Waals surface area contributed by atoms with E-state index < -0.39 is 0 Å². The lowest BCUT2D eigenvalue weighted by Gasteiger charge is -2.03. The van der Waals surface area contributed by atoms with Crippen LogP contribution in [0.4, 0.5) is 0 Å². The first-order valence-corrected chi connectivity index (χ1v) is 4.21. The Balaban J connectivity index is 2.96. The smallest absolute Gasteiger partial charge is 0.0510 e. The van der Waals surface area contributed by atoms with E-state index in [4.69, 9.17) is 0 Å². The summed E-state index contributed by atoms with van der Waals surface area (Å²) in [6.45, 7) is 4.33. The average molecular weight is 159 g/mol. The predicted molar refractivity (Wildman–Crippen MR) is 52.4 cm³/mol. The molecule has 12 heavy (non-hydrogen) atoms. The van der Waals surface area contributed by atoms with E-state index in [9.17, 15) is 0 Å². The fraction of sp³-hybridized carbons (Fsp3) is 0.273. The summed E-state index contributed by atoms with van der Waals surface area (Å²) in [5, 5.41) is 1.33. The fourth-order valence-corrected chi connectivity index (χ4v) is 1.69. The Labute approximate surface area is 72.6 Å². The van der Waals surface area contributed by atoms with Crippen LogP contribution in [0.25, 0.3) is 10.9 Å². The van der Waals surface area contributed by atoms with Crippen LogP contribution in [0.2, 0.25) is 0 Å². The zero-order valence-corrected chi connectivity index (χ0v) is 7.76. The molecule has 0 saturated carbocycles. The van der Waals surface area contributed by atoms with Crippen LogP contribution in [0, 0.1) is 13.8 Å². The summed E-state index contributed by atoms with van der Waals surface area (Å²) >= 11 is 0. The van der Waals surface area contributed by atoms with Gasteiger partial charge in [0.15, 0.2) is 0 Å². The monoisotopic (exact) mass is 159 g/mol. The third-order valence-electron chi connectivity index (χ3n) is 2.56. The highest BCUT2D eigenvalue weighted by molar-refractivity contribution is 5.84. The second-order valence-corrected chi connectivity index (χ2v) is 3.37. The minimum Gasteiger partial charge on any atom is -0.350 e. The quantitative estimate of drug-likeness (QED) is 0.557. The van der Waals surface area contributed by atoms with Crippen molar-refractivity contribution < 1.29 is 0 Å². The number of nitrogens with zero attached hydrogens (tertiary/aromatic N) is 1. The van der Waals surface area contributed by atoms with E-state index in [0.29, 0.717) is 0 Å². The van der Waals surface area contributed by atoms with Gasteiger partial charge in [-0.15, -0.1) is 0 Å². The lowest BCUT2D eigenvalue weighted by Crippen LogP contribution is -1.89. The Morgan fingerprint density at radius 3 is 2.58 bits per heavy atom. The van der Waals surface area contributed by atoms with Crippen molar-refractivity contribution in [1.82, 2.24) is 4.57 Å². The van der Waals surface area contributed by atoms with Gasteiger partial charge in [-0.3, -0.25) is 0 Å². The summed E-state index contributed by atoms with van der Waals surface area (Å²) in [4.78, 5) is 0. The zero-order chi connectivity index (χ0) is 8.72. The van der Waals surface area contributed by atoms with Gasteiger partial charge in [0.2, 0.25) is 0 Å². The van der Waals surface area contributed by atoms with Crippen LogP contribution in [-0.4, -0.2) is 4.57 Å². The summed E-state index contributed by atoms with van der Waals surface area (Å²) < 4.78 is 2.18. The highest BCUT2D eigenvalue weighted by atomic mass is 14.9. The van der Waals surface area contributed by atoms with Crippen LogP contribution in [0.3, 0.4) is 0 Å². The molecule has 0 radical (unpaired) electrons. The molecule has 62 valence electrons. The second kappa shape index (κ2) is 2.37. The van der Waals surface area contributed by atoms with Crippen LogP contribution in [0.1, 0.15) is 11.1 Å². The van der Waals surface area contributed by atoms with Gasteiger partial charge in [-0.1, -0.05) is 12.1 Å². The van der Waals surface area contributed by atoms with Crippen LogP contribution < -0.4 is 0 Å². The first-order valence-electron chi connectivity index (χ1n) is 4.21. The minimum absolute atomic E-state index is 1.33. The van der Waals surface area contributed by atoms with Crippen molar-refractivity contribution in [3.05, 3.63) is 35.5 Å². The standard InChI is InChI=1S/C11H13N/c1-8-4-5-10-6-7-12(3)11(10)9(8)2/h4-7H,1-3H3. The van der Waals surface area contributed by atoms with Crippen LogP contribution in [0.5, 0.6) is 0 Å². The molecule has 0 unspecified atom stereocenters. The number of aryl methyl sites for hydroxylation is 3. The molecule has 0 N–H and O–H groups in total. The van der Waals surface area contributed by atoms with Gasteiger partial charge in [0.1, 0.15) is 0 Å². The Morgan fingerprint density at radius 1 is 1.08 bits per heavy atom. The fourth-order valence-electron chi connectivity index (χ4n) is 1.69. The zero-order valence-electron chi connectivity index (χ0n) is 7.76. The van der Waals surface area contributed by atoms with Gasteiger partial charge in [0.25, 0.3) is 0 Å². The molecule has 1 heterocycles. The molecule has 1 aromatic carbocycles. The molecule has 0 fully saturated rings. The maximum absolute atomic E-state index is 2.18. The molecule has 1 aromatic heterocycles. The van der Waals surface area contributed by atoms with Crippen molar-refractivity contribution in [2.75, 3.05) is 0 Å². The molecule has 0 atom stereocenters. The van der Waals surface area contributed by atoms with Crippen LogP contribution in [0.15, 0.2) is 24.4 Å². The molecule has 0 amide bonds. The molecule has 2 rings (SSSR count). The van der Waals surface area contributed by atoms with E-state index in [1.165, 1.54) is 22.0 Å². The van der Waals surface area contributed by atoms with E-state index in [1.807, 2.05) is 0 Å². The summed E-state index contributed by atoms with van der Waals surface area (Å²) in [6.07, 6.45) is 2.11. The molecule has 1 heteroatoms. The van der Waals surface area contributed by atoms with Gasteiger partial charge >= 0.3 is 0 Å². The minimum atomic E-state index is 1.33. The Morgan fingerprint density at radius 2 is 1.83 bits per heavy atom. The van der Waals surface area contributed by atoms with Crippen molar-refractivity contribution in [3.63, 3.8) is 0 Å². The number of aromatic nitrogens is 1. The number of hydrogen-bond donors (Lipinski definition) is 0. The van der Waals surface area contributed by atoms with Crippen molar-refractivity contribution in [2.24, 2.45) is 7.05 Å². The van der Waals surface area contributed by atoms with Crippen molar-refractivity contribution >= 4 is 10.9 Å². The molecular formula is C11H13N. The van der Waals surface area contributed by atoms with Crippen LogP contribution >= 0.6 is 0 Å². The average Bonchev–Trinajstić information content (AvgIpc) is 2.41.